The van der Waals surface area contributed by atoms with Gasteiger partial charge in [-0.05, 0) is 63.3 Å². The number of hydrogen-bond donors (Lipinski definition) is 0. The van der Waals surface area contributed by atoms with Crippen LogP contribution in [0.1, 0.15) is 22.5 Å². The summed E-state index contributed by atoms with van der Waals surface area (Å²) < 4.78 is 12.4. The van der Waals surface area contributed by atoms with Crippen molar-refractivity contribution in [3.8, 4) is 39.3 Å². The molecular weight excluding hydrogens is 538 g/mol. The van der Waals surface area contributed by atoms with E-state index < -0.39 is 5.66 Å². The number of fused-ring (bicyclic) bond motifs is 8. The summed E-state index contributed by atoms with van der Waals surface area (Å²) in [5.41, 5.74) is 15.8. The first-order valence-corrected chi connectivity index (χ1v) is 15.3. The van der Waals surface area contributed by atoms with Gasteiger partial charge in [-0.15, -0.1) is 9.36 Å². The van der Waals surface area contributed by atoms with E-state index in [0.717, 1.165) is 0 Å². The minimum absolute atomic E-state index is 0.550. The zero-order chi connectivity index (χ0) is 28.9. The summed E-state index contributed by atoms with van der Waals surface area (Å²) in [5.74, 6) is 0. The van der Waals surface area contributed by atoms with Crippen molar-refractivity contribution in [2.24, 2.45) is 0 Å². The van der Waals surface area contributed by atoms with Gasteiger partial charge in [0.05, 0.1) is 34.2 Å². The molecule has 44 heavy (non-hydrogen) atoms. The van der Waals surface area contributed by atoms with Gasteiger partial charge in [0.25, 0.3) is 0 Å². The van der Waals surface area contributed by atoms with Crippen LogP contribution < -0.4 is 9.36 Å². The number of benzene rings is 5. The molecule has 6 heterocycles. The van der Waals surface area contributed by atoms with Gasteiger partial charge in [0.15, 0.2) is 11.1 Å². The van der Waals surface area contributed by atoms with Crippen LogP contribution in [0.3, 0.4) is 0 Å². The van der Waals surface area contributed by atoms with Crippen LogP contribution >= 0.6 is 0 Å². The average molecular weight is 566 g/mol. The predicted octanol–water partition coefficient (Wildman–Crippen LogP) is 7.13. The first-order chi connectivity index (χ1) is 21.7. The third kappa shape index (κ3) is 2.37. The molecule has 206 valence electrons. The third-order valence-electron chi connectivity index (χ3n) is 10.3. The number of para-hydroxylation sites is 1. The molecule has 3 aliphatic heterocycles. The van der Waals surface area contributed by atoms with Gasteiger partial charge in [-0.2, -0.15) is 0 Å². The van der Waals surface area contributed by atoms with E-state index in [1.807, 2.05) is 0 Å². The van der Waals surface area contributed by atoms with Crippen LogP contribution in [0.25, 0.3) is 61.1 Å². The van der Waals surface area contributed by atoms with Gasteiger partial charge in [-0.25, -0.2) is 0 Å². The van der Waals surface area contributed by atoms with Crippen molar-refractivity contribution in [3.05, 3.63) is 150 Å². The predicted molar refractivity (Wildman–Crippen MR) is 172 cm³/mol. The molecule has 5 aromatic carbocycles. The van der Waals surface area contributed by atoms with Crippen molar-refractivity contribution in [2.45, 2.75) is 19.5 Å². The summed E-state index contributed by atoms with van der Waals surface area (Å²) in [4.78, 5) is 0. The first kappa shape index (κ1) is 22.9. The molecule has 0 saturated carbocycles. The number of rotatable bonds is 2. The summed E-state index contributed by atoms with van der Waals surface area (Å²) in [6.45, 7) is 4.48. The lowest BCUT2D eigenvalue weighted by Gasteiger charge is -2.23. The number of aryl methyl sites for hydroxylation is 2. The van der Waals surface area contributed by atoms with E-state index in [0.29, 0.717) is 0 Å². The minimum atomic E-state index is -0.550. The molecule has 0 radical (unpaired) electrons. The standard InChI is InChI=1S/C39H27N5/c1-24-21-25(2)44-39-36-34(13-8-14-35(36)43(24)44)42-32-12-7-6-11-30(32)31-19-20-33(37(39)38(31)42)40-22-29(23-41(39)40)28-17-15-27(16-18-28)26-9-4-3-5-10-26/h3-23H,1-2H3/q+2. The molecule has 1 atom stereocenters. The Balaban J connectivity index is 1.26. The zero-order valence-electron chi connectivity index (χ0n) is 24.4. The molecule has 0 aliphatic carbocycles. The van der Waals surface area contributed by atoms with Crippen LogP contribution in [0, 0.1) is 13.8 Å². The smallest absolute Gasteiger partial charge is 0.307 e. The molecule has 8 aromatic rings. The van der Waals surface area contributed by atoms with E-state index in [2.05, 4.69) is 165 Å². The summed E-state index contributed by atoms with van der Waals surface area (Å²) in [5, 5.41) is 2.60. The van der Waals surface area contributed by atoms with Crippen LogP contribution in [0.2, 0.25) is 0 Å². The second-order valence-corrected chi connectivity index (χ2v) is 12.4. The monoisotopic (exact) mass is 565 g/mol. The Bertz CT molecular complexity index is 2560. The molecule has 5 heteroatoms. The maximum absolute atomic E-state index is 2.54. The van der Waals surface area contributed by atoms with Crippen LogP contribution in [-0.4, -0.2) is 13.9 Å². The SMILES string of the molecule is Cc1cc(C)[n+]2n1-c1cccc3c1C21c2c(ccc4c5ccccc5n-3c24)-n2cc(-c3ccc(-c4ccccc4)cc3)c[n+]21. The van der Waals surface area contributed by atoms with Crippen LogP contribution in [0.4, 0.5) is 0 Å². The van der Waals surface area contributed by atoms with Crippen molar-refractivity contribution in [2.75, 3.05) is 0 Å². The number of hydrogen-bond acceptors (Lipinski definition) is 0. The first-order valence-electron chi connectivity index (χ1n) is 15.3. The van der Waals surface area contributed by atoms with E-state index in [9.17, 15) is 0 Å². The summed E-state index contributed by atoms with van der Waals surface area (Å²) in [6, 6.07) is 42.3. The highest BCUT2D eigenvalue weighted by atomic mass is 15.6. The number of nitrogens with zero attached hydrogens (tertiary/aromatic N) is 5. The highest BCUT2D eigenvalue weighted by Crippen LogP contribution is 2.53. The van der Waals surface area contributed by atoms with E-state index >= 15 is 0 Å². The Morgan fingerprint density at radius 3 is 2.16 bits per heavy atom. The van der Waals surface area contributed by atoms with Crippen molar-refractivity contribution >= 4 is 21.8 Å². The molecule has 0 amide bonds. The average Bonchev–Trinajstić information content (AvgIpc) is 3.84. The molecular formula is C39H27N5+2. The van der Waals surface area contributed by atoms with E-state index in [-0.39, 0.29) is 0 Å². The maximum atomic E-state index is 2.54. The molecule has 0 fully saturated rings. The van der Waals surface area contributed by atoms with Crippen LogP contribution in [0.5, 0.6) is 0 Å². The highest BCUT2D eigenvalue weighted by molar-refractivity contribution is 6.12. The normalized spacial score (nSPS) is 16.5. The largest absolute Gasteiger partial charge is 0.466 e. The molecule has 11 rings (SSSR count). The summed E-state index contributed by atoms with van der Waals surface area (Å²) in [6.07, 6.45) is 4.69. The Labute approximate surface area is 253 Å². The lowest BCUT2D eigenvalue weighted by atomic mass is 9.85. The third-order valence-corrected chi connectivity index (χ3v) is 10.3. The quantitative estimate of drug-likeness (QED) is 0.199. The Morgan fingerprint density at radius 1 is 0.591 bits per heavy atom. The van der Waals surface area contributed by atoms with Crippen molar-refractivity contribution < 1.29 is 9.36 Å². The Hall–Kier alpha value is -5.68. The highest BCUT2D eigenvalue weighted by Gasteiger charge is 2.73. The maximum Gasteiger partial charge on any atom is 0.466 e. The van der Waals surface area contributed by atoms with Crippen molar-refractivity contribution in [1.29, 1.82) is 0 Å². The number of aromatic nitrogens is 5. The zero-order valence-corrected chi connectivity index (χ0v) is 24.4. The molecule has 3 aromatic heterocycles. The summed E-state index contributed by atoms with van der Waals surface area (Å²) in [7, 11) is 0. The van der Waals surface area contributed by atoms with Gasteiger partial charge in [-0.3, -0.25) is 0 Å². The van der Waals surface area contributed by atoms with E-state index in [1.165, 1.54) is 83.6 Å². The van der Waals surface area contributed by atoms with Gasteiger partial charge in [-0.1, -0.05) is 78.9 Å². The van der Waals surface area contributed by atoms with Crippen LogP contribution in [0.15, 0.2) is 128 Å². The van der Waals surface area contributed by atoms with E-state index in [1.54, 1.807) is 0 Å². The van der Waals surface area contributed by atoms with Gasteiger partial charge in [0, 0.05) is 23.8 Å². The second-order valence-electron chi connectivity index (χ2n) is 12.4. The lowest BCUT2D eigenvalue weighted by Crippen LogP contribution is -2.75. The van der Waals surface area contributed by atoms with Gasteiger partial charge < -0.3 is 4.57 Å². The summed E-state index contributed by atoms with van der Waals surface area (Å²) >= 11 is 0. The molecule has 5 nitrogen and oxygen atoms in total. The Kier molecular flexibility index (Phi) is 3.87. The molecule has 1 unspecified atom stereocenters. The van der Waals surface area contributed by atoms with Crippen molar-refractivity contribution in [1.82, 2.24) is 13.9 Å². The Morgan fingerprint density at radius 2 is 1.32 bits per heavy atom. The molecule has 0 saturated heterocycles. The fourth-order valence-electron chi connectivity index (χ4n) is 8.67. The lowest BCUT2D eigenvalue weighted by molar-refractivity contribution is -1.02. The molecule has 0 N–H and O–H groups in total. The van der Waals surface area contributed by atoms with Gasteiger partial charge in [0.1, 0.15) is 11.4 Å². The molecule has 3 aliphatic rings. The van der Waals surface area contributed by atoms with Gasteiger partial charge in [0.2, 0.25) is 11.9 Å². The second kappa shape index (κ2) is 7.44. The van der Waals surface area contributed by atoms with E-state index in [4.69, 9.17) is 0 Å². The molecule has 1 spiro atoms. The van der Waals surface area contributed by atoms with Crippen LogP contribution in [-0.2, 0) is 5.66 Å². The van der Waals surface area contributed by atoms with Crippen molar-refractivity contribution in [3.63, 3.8) is 0 Å². The fraction of sp³-hybridized carbons (Fsp3) is 0.0769. The minimum Gasteiger partial charge on any atom is -0.307 e. The topological polar surface area (TPSA) is 22.5 Å². The van der Waals surface area contributed by atoms with Gasteiger partial charge >= 0.3 is 5.66 Å². The molecule has 0 bridgehead atoms. The fourth-order valence-corrected chi connectivity index (χ4v) is 8.67.